The van der Waals surface area contributed by atoms with Crippen LogP contribution in [-0.4, -0.2) is 26.7 Å². The summed E-state index contributed by atoms with van der Waals surface area (Å²) in [6.45, 7) is 0.400. The molecule has 0 fully saturated rings. The van der Waals surface area contributed by atoms with Gasteiger partial charge in [-0.15, -0.1) is 0 Å². The second kappa shape index (κ2) is 5.83. The highest BCUT2D eigenvalue weighted by atomic mass is 32.2. The van der Waals surface area contributed by atoms with Crippen LogP contribution in [0.2, 0.25) is 0 Å². The largest absolute Gasteiger partial charge is 0.399 e. The van der Waals surface area contributed by atoms with Gasteiger partial charge in [-0.05, 0) is 37.1 Å². The van der Waals surface area contributed by atoms with Crippen molar-refractivity contribution in [3.8, 4) is 0 Å². The highest BCUT2D eigenvalue weighted by molar-refractivity contribution is 7.89. The van der Waals surface area contributed by atoms with Crippen LogP contribution in [-0.2, 0) is 10.0 Å². The van der Waals surface area contributed by atoms with E-state index < -0.39 is 10.0 Å². The molecule has 0 aromatic heterocycles. The monoisotopic (exact) mass is 244 g/mol. The van der Waals surface area contributed by atoms with Crippen LogP contribution in [0.5, 0.6) is 0 Å². The third kappa shape index (κ3) is 3.80. The van der Waals surface area contributed by atoms with Gasteiger partial charge in [0.05, 0.1) is 4.90 Å². The standard InChI is InChI=1S/C10H16N2O3S/c11-9-3-5-10(6-4-9)16(14,15)12-7-1-2-8-13/h3-6,12-13H,1-2,7-8,11H2. The van der Waals surface area contributed by atoms with E-state index in [1.54, 1.807) is 12.1 Å². The van der Waals surface area contributed by atoms with Gasteiger partial charge in [0.1, 0.15) is 0 Å². The number of aliphatic hydroxyl groups is 1. The molecular formula is C10H16N2O3S. The van der Waals surface area contributed by atoms with Crippen molar-refractivity contribution in [1.82, 2.24) is 4.72 Å². The maximum absolute atomic E-state index is 11.7. The Morgan fingerprint density at radius 1 is 1.19 bits per heavy atom. The number of nitrogens with two attached hydrogens (primary N) is 1. The van der Waals surface area contributed by atoms with Gasteiger partial charge in [-0.25, -0.2) is 13.1 Å². The topological polar surface area (TPSA) is 92.4 Å². The number of benzene rings is 1. The average molecular weight is 244 g/mol. The van der Waals surface area contributed by atoms with E-state index >= 15 is 0 Å². The molecule has 0 heterocycles. The lowest BCUT2D eigenvalue weighted by Gasteiger charge is -2.06. The molecule has 5 nitrogen and oxygen atoms in total. The Hall–Kier alpha value is -1.11. The Morgan fingerprint density at radius 3 is 2.38 bits per heavy atom. The fraction of sp³-hybridized carbons (Fsp3) is 0.400. The molecule has 1 aromatic carbocycles. The zero-order valence-corrected chi connectivity index (χ0v) is 9.70. The van der Waals surface area contributed by atoms with Gasteiger partial charge in [0.15, 0.2) is 0 Å². The number of sulfonamides is 1. The fourth-order valence-corrected chi connectivity index (χ4v) is 2.25. The van der Waals surface area contributed by atoms with Crippen LogP contribution >= 0.6 is 0 Å². The summed E-state index contributed by atoms with van der Waals surface area (Å²) in [6, 6.07) is 6.01. The molecule has 0 aliphatic heterocycles. The highest BCUT2D eigenvalue weighted by Gasteiger charge is 2.12. The van der Waals surface area contributed by atoms with E-state index in [1.165, 1.54) is 12.1 Å². The summed E-state index contributed by atoms with van der Waals surface area (Å²) in [5.74, 6) is 0. The Balaban J connectivity index is 2.60. The number of anilines is 1. The van der Waals surface area contributed by atoms with Crippen molar-refractivity contribution in [3.63, 3.8) is 0 Å². The van der Waals surface area contributed by atoms with Crippen molar-refractivity contribution < 1.29 is 13.5 Å². The molecule has 1 aromatic rings. The van der Waals surface area contributed by atoms with Crippen molar-refractivity contribution in [2.45, 2.75) is 17.7 Å². The molecule has 0 spiro atoms. The lowest BCUT2D eigenvalue weighted by atomic mass is 10.3. The Bertz CT molecular complexity index is 414. The minimum absolute atomic E-state index is 0.0730. The summed E-state index contributed by atoms with van der Waals surface area (Å²) in [6.07, 6.45) is 1.20. The molecule has 0 radical (unpaired) electrons. The second-order valence-electron chi connectivity index (χ2n) is 3.40. The Labute approximate surface area is 95.3 Å². The van der Waals surface area contributed by atoms with Crippen molar-refractivity contribution >= 4 is 15.7 Å². The van der Waals surface area contributed by atoms with E-state index in [-0.39, 0.29) is 11.5 Å². The molecule has 16 heavy (non-hydrogen) atoms. The highest BCUT2D eigenvalue weighted by Crippen LogP contribution is 2.11. The molecule has 0 aliphatic rings. The van der Waals surface area contributed by atoms with Crippen LogP contribution in [0.1, 0.15) is 12.8 Å². The first-order valence-corrected chi connectivity index (χ1v) is 6.50. The number of hydrogen-bond donors (Lipinski definition) is 3. The lowest BCUT2D eigenvalue weighted by molar-refractivity contribution is 0.285. The van der Waals surface area contributed by atoms with Gasteiger partial charge in [-0.2, -0.15) is 0 Å². The first-order chi connectivity index (χ1) is 7.56. The first-order valence-electron chi connectivity index (χ1n) is 5.02. The van der Waals surface area contributed by atoms with Gasteiger partial charge in [0, 0.05) is 18.8 Å². The molecule has 0 unspecified atom stereocenters. The molecule has 1 rings (SSSR count). The zero-order chi connectivity index (χ0) is 12.0. The molecule has 0 saturated carbocycles. The Kier molecular flexibility index (Phi) is 4.72. The Morgan fingerprint density at radius 2 is 1.81 bits per heavy atom. The summed E-state index contributed by atoms with van der Waals surface area (Å²) in [4.78, 5) is 0.200. The zero-order valence-electron chi connectivity index (χ0n) is 8.89. The average Bonchev–Trinajstić information content (AvgIpc) is 2.25. The SMILES string of the molecule is Nc1ccc(S(=O)(=O)NCCCCO)cc1. The normalized spacial score (nSPS) is 11.6. The molecular weight excluding hydrogens is 228 g/mol. The third-order valence-corrected chi connectivity index (χ3v) is 3.54. The van der Waals surface area contributed by atoms with E-state index in [1.807, 2.05) is 0 Å². The molecule has 90 valence electrons. The first kappa shape index (κ1) is 13.0. The predicted molar refractivity (Wildman–Crippen MR) is 62.4 cm³/mol. The number of unbranched alkanes of at least 4 members (excludes halogenated alkanes) is 1. The van der Waals surface area contributed by atoms with Gasteiger partial charge in [-0.3, -0.25) is 0 Å². The van der Waals surface area contributed by atoms with Crippen molar-refractivity contribution in [2.75, 3.05) is 18.9 Å². The van der Waals surface area contributed by atoms with E-state index in [4.69, 9.17) is 10.8 Å². The summed E-state index contributed by atoms with van der Waals surface area (Å²) in [5, 5.41) is 8.55. The number of nitrogen functional groups attached to an aromatic ring is 1. The molecule has 0 amide bonds. The summed E-state index contributed by atoms with van der Waals surface area (Å²) < 4.78 is 25.8. The molecule has 0 bridgehead atoms. The smallest absolute Gasteiger partial charge is 0.240 e. The minimum atomic E-state index is -3.44. The van der Waals surface area contributed by atoms with Gasteiger partial charge in [0.2, 0.25) is 10.0 Å². The van der Waals surface area contributed by atoms with Crippen molar-refractivity contribution in [3.05, 3.63) is 24.3 Å². The molecule has 6 heteroatoms. The van der Waals surface area contributed by atoms with Crippen LogP contribution in [0.25, 0.3) is 0 Å². The summed E-state index contributed by atoms with van der Waals surface area (Å²) >= 11 is 0. The summed E-state index contributed by atoms with van der Waals surface area (Å²) in [7, 11) is -3.44. The summed E-state index contributed by atoms with van der Waals surface area (Å²) in [5.41, 5.74) is 5.99. The van der Waals surface area contributed by atoms with Gasteiger partial charge in [0.25, 0.3) is 0 Å². The van der Waals surface area contributed by atoms with E-state index in [0.717, 1.165) is 0 Å². The molecule has 0 aliphatic carbocycles. The second-order valence-corrected chi connectivity index (χ2v) is 5.16. The number of rotatable bonds is 6. The molecule has 0 atom stereocenters. The van der Waals surface area contributed by atoms with E-state index in [0.29, 0.717) is 25.1 Å². The predicted octanol–water partition coefficient (Wildman–Crippen LogP) is 0.320. The van der Waals surface area contributed by atoms with E-state index in [9.17, 15) is 8.42 Å². The molecule has 4 N–H and O–H groups in total. The molecule has 0 saturated heterocycles. The van der Waals surface area contributed by atoms with Crippen LogP contribution in [0.3, 0.4) is 0 Å². The fourth-order valence-electron chi connectivity index (χ4n) is 1.17. The maximum Gasteiger partial charge on any atom is 0.240 e. The number of aliphatic hydroxyl groups excluding tert-OH is 1. The van der Waals surface area contributed by atoms with E-state index in [2.05, 4.69) is 4.72 Å². The van der Waals surface area contributed by atoms with Crippen LogP contribution < -0.4 is 10.5 Å². The van der Waals surface area contributed by atoms with Crippen LogP contribution in [0.15, 0.2) is 29.2 Å². The van der Waals surface area contributed by atoms with Crippen molar-refractivity contribution in [1.29, 1.82) is 0 Å². The van der Waals surface area contributed by atoms with Crippen molar-refractivity contribution in [2.24, 2.45) is 0 Å². The maximum atomic E-state index is 11.7. The number of hydrogen-bond acceptors (Lipinski definition) is 4. The van der Waals surface area contributed by atoms with Gasteiger partial charge in [-0.1, -0.05) is 0 Å². The minimum Gasteiger partial charge on any atom is -0.399 e. The third-order valence-electron chi connectivity index (χ3n) is 2.07. The lowest BCUT2D eigenvalue weighted by Crippen LogP contribution is -2.24. The quantitative estimate of drug-likeness (QED) is 0.496. The number of nitrogens with one attached hydrogen (secondary N) is 1. The van der Waals surface area contributed by atoms with Gasteiger partial charge < -0.3 is 10.8 Å². The van der Waals surface area contributed by atoms with Gasteiger partial charge >= 0.3 is 0 Å². The van der Waals surface area contributed by atoms with Crippen LogP contribution in [0.4, 0.5) is 5.69 Å². The van der Waals surface area contributed by atoms with Crippen LogP contribution in [0, 0.1) is 0 Å².